The number of methoxy groups -OCH3 is 1. The Morgan fingerprint density at radius 2 is 2.19 bits per heavy atom. The lowest BCUT2D eigenvalue weighted by atomic mass is 10.1. The molecule has 2 rings (SSSR count). The number of aryl methyl sites for hydroxylation is 1. The Morgan fingerprint density at radius 1 is 1.43 bits per heavy atom. The molecule has 0 N–H and O–H groups in total. The third-order valence-electron chi connectivity index (χ3n) is 2.83. The van der Waals surface area contributed by atoms with Crippen LogP contribution in [-0.4, -0.2) is 33.5 Å². The summed E-state index contributed by atoms with van der Waals surface area (Å²) in [6, 6.07) is 5.31. The molecule has 0 fully saturated rings. The van der Waals surface area contributed by atoms with Crippen molar-refractivity contribution in [1.29, 1.82) is 0 Å². The van der Waals surface area contributed by atoms with Gasteiger partial charge in [-0.2, -0.15) is 9.35 Å². The van der Waals surface area contributed by atoms with Crippen LogP contribution in [0.5, 0.6) is 5.75 Å². The second kappa shape index (κ2) is 6.26. The minimum atomic E-state index is -2.21. The highest BCUT2D eigenvalue weighted by Crippen LogP contribution is 2.32. The van der Waals surface area contributed by atoms with Gasteiger partial charge in [-0.25, -0.2) is 4.21 Å². The van der Waals surface area contributed by atoms with Crippen LogP contribution < -0.4 is 4.74 Å². The fourth-order valence-corrected chi connectivity index (χ4v) is 3.39. The van der Waals surface area contributed by atoms with Crippen LogP contribution in [-0.2, 0) is 9.73 Å². The summed E-state index contributed by atoms with van der Waals surface area (Å²) in [5.41, 5.74) is 1.34. The molecular formula is C14H19N3O3S. The molecule has 0 bridgehead atoms. The van der Waals surface area contributed by atoms with Crippen LogP contribution in [0.2, 0.25) is 0 Å². The van der Waals surface area contributed by atoms with Crippen molar-refractivity contribution < 1.29 is 13.5 Å². The van der Waals surface area contributed by atoms with Crippen LogP contribution in [0.25, 0.3) is 11.4 Å². The van der Waals surface area contributed by atoms with E-state index in [1.807, 2.05) is 6.92 Å². The predicted octanol–water partition coefficient (Wildman–Crippen LogP) is 3.19. The zero-order chi connectivity index (χ0) is 15.5. The summed E-state index contributed by atoms with van der Waals surface area (Å²) in [4.78, 5) is 4.18. The van der Waals surface area contributed by atoms with E-state index in [1.54, 1.807) is 38.5 Å². The Hall–Kier alpha value is -1.89. The van der Waals surface area contributed by atoms with Crippen molar-refractivity contribution in [2.24, 2.45) is 4.36 Å². The maximum absolute atomic E-state index is 12.3. The normalized spacial score (nSPS) is 13.7. The van der Waals surface area contributed by atoms with E-state index in [4.69, 9.17) is 9.26 Å². The largest absolute Gasteiger partial charge is 0.496 e. The Kier molecular flexibility index (Phi) is 4.62. The van der Waals surface area contributed by atoms with E-state index in [2.05, 4.69) is 14.5 Å². The van der Waals surface area contributed by atoms with Gasteiger partial charge in [-0.1, -0.05) is 12.1 Å². The van der Waals surface area contributed by atoms with Gasteiger partial charge in [0, 0.05) is 34.7 Å². The number of nitrogens with zero attached hydrogens (tertiary/aromatic N) is 3. The van der Waals surface area contributed by atoms with Crippen molar-refractivity contribution in [2.45, 2.75) is 20.3 Å². The molecule has 1 heterocycles. The SMILES string of the molecule is CCCS(C)(=O)=Nc1ccc(-c2noc(C)n2)c(OC)c1. The van der Waals surface area contributed by atoms with E-state index in [0.717, 1.165) is 6.42 Å². The lowest BCUT2D eigenvalue weighted by Gasteiger charge is -2.07. The Bertz CT molecular complexity index is 746. The molecule has 0 saturated carbocycles. The van der Waals surface area contributed by atoms with E-state index in [9.17, 15) is 4.21 Å². The van der Waals surface area contributed by atoms with Crippen LogP contribution in [0.4, 0.5) is 5.69 Å². The van der Waals surface area contributed by atoms with Crippen molar-refractivity contribution in [2.75, 3.05) is 19.1 Å². The van der Waals surface area contributed by atoms with Crippen LogP contribution >= 0.6 is 0 Å². The molecule has 1 aromatic heterocycles. The van der Waals surface area contributed by atoms with Crippen LogP contribution in [0.1, 0.15) is 19.2 Å². The third-order valence-corrected chi connectivity index (χ3v) is 4.60. The van der Waals surface area contributed by atoms with Crippen molar-refractivity contribution in [3.8, 4) is 17.1 Å². The van der Waals surface area contributed by atoms with Gasteiger partial charge in [-0.15, -0.1) is 0 Å². The van der Waals surface area contributed by atoms with Crippen LogP contribution in [0.3, 0.4) is 0 Å². The second-order valence-corrected chi connectivity index (χ2v) is 7.29. The summed E-state index contributed by atoms with van der Waals surface area (Å²) in [5.74, 6) is 2.09. The molecule has 0 saturated heterocycles. The van der Waals surface area contributed by atoms with Gasteiger partial charge in [0.2, 0.25) is 11.7 Å². The lowest BCUT2D eigenvalue weighted by Crippen LogP contribution is -2.00. The van der Waals surface area contributed by atoms with E-state index in [0.29, 0.717) is 34.5 Å². The van der Waals surface area contributed by atoms with Gasteiger partial charge in [0.1, 0.15) is 5.75 Å². The topological polar surface area (TPSA) is 77.6 Å². The van der Waals surface area contributed by atoms with Gasteiger partial charge in [0.05, 0.1) is 18.4 Å². The van der Waals surface area contributed by atoms with E-state index < -0.39 is 9.73 Å². The molecule has 21 heavy (non-hydrogen) atoms. The summed E-state index contributed by atoms with van der Waals surface area (Å²) in [5, 5.41) is 3.88. The first-order chi connectivity index (χ1) is 9.95. The zero-order valence-corrected chi connectivity index (χ0v) is 13.4. The summed E-state index contributed by atoms with van der Waals surface area (Å²) >= 11 is 0. The average molecular weight is 309 g/mol. The first kappa shape index (κ1) is 15.5. The molecule has 0 aliphatic heterocycles. The fourth-order valence-electron chi connectivity index (χ4n) is 1.98. The summed E-state index contributed by atoms with van der Waals surface area (Å²) in [6.45, 7) is 3.71. The van der Waals surface area contributed by atoms with Crippen LogP contribution in [0.15, 0.2) is 27.1 Å². The quantitative estimate of drug-likeness (QED) is 0.847. The predicted molar refractivity (Wildman–Crippen MR) is 82.3 cm³/mol. The van der Waals surface area contributed by atoms with E-state index in [-0.39, 0.29) is 0 Å². The molecule has 6 nitrogen and oxygen atoms in total. The van der Waals surface area contributed by atoms with Gasteiger partial charge >= 0.3 is 0 Å². The smallest absolute Gasteiger partial charge is 0.223 e. The number of benzene rings is 1. The molecule has 114 valence electrons. The monoisotopic (exact) mass is 309 g/mol. The van der Waals surface area contributed by atoms with Gasteiger partial charge in [0.25, 0.3) is 0 Å². The first-order valence-electron chi connectivity index (χ1n) is 6.63. The van der Waals surface area contributed by atoms with Gasteiger partial charge < -0.3 is 9.26 Å². The van der Waals surface area contributed by atoms with E-state index >= 15 is 0 Å². The van der Waals surface area contributed by atoms with Crippen molar-refractivity contribution >= 4 is 15.4 Å². The highest BCUT2D eigenvalue weighted by atomic mass is 32.2. The van der Waals surface area contributed by atoms with Gasteiger partial charge in [-0.3, -0.25) is 0 Å². The first-order valence-corrected chi connectivity index (χ1v) is 8.73. The van der Waals surface area contributed by atoms with Crippen molar-refractivity contribution in [3.63, 3.8) is 0 Å². The lowest BCUT2D eigenvalue weighted by molar-refractivity contribution is 0.393. The molecule has 1 atom stereocenters. The number of hydrogen-bond acceptors (Lipinski definition) is 6. The van der Waals surface area contributed by atoms with Crippen LogP contribution in [0, 0.1) is 6.92 Å². The van der Waals surface area contributed by atoms with Gasteiger partial charge in [0.15, 0.2) is 0 Å². The van der Waals surface area contributed by atoms with Gasteiger partial charge in [-0.05, 0) is 18.6 Å². The molecule has 0 radical (unpaired) electrons. The Morgan fingerprint density at radius 3 is 2.76 bits per heavy atom. The molecule has 0 aliphatic rings. The Labute approximate surface area is 124 Å². The summed E-state index contributed by atoms with van der Waals surface area (Å²) < 4.78 is 26.9. The minimum absolute atomic E-state index is 0.460. The highest BCUT2D eigenvalue weighted by Gasteiger charge is 2.13. The standard InChI is InChI=1S/C14H19N3O3S/c1-5-8-21(4,18)17-11-6-7-12(13(9-11)19-3)14-15-10(2)20-16-14/h6-7,9H,5,8H2,1-4H3. The molecule has 1 aromatic carbocycles. The zero-order valence-electron chi connectivity index (χ0n) is 12.6. The molecule has 0 spiro atoms. The molecule has 1 unspecified atom stereocenters. The van der Waals surface area contributed by atoms with Crippen molar-refractivity contribution in [3.05, 3.63) is 24.1 Å². The number of rotatable bonds is 5. The average Bonchev–Trinajstić information content (AvgIpc) is 2.84. The summed E-state index contributed by atoms with van der Waals surface area (Å²) in [6.07, 6.45) is 2.50. The molecular weight excluding hydrogens is 290 g/mol. The van der Waals surface area contributed by atoms with E-state index in [1.165, 1.54) is 0 Å². The maximum atomic E-state index is 12.3. The number of hydrogen-bond donors (Lipinski definition) is 0. The fraction of sp³-hybridized carbons (Fsp3) is 0.429. The molecule has 0 aliphatic carbocycles. The number of ether oxygens (including phenoxy) is 1. The Balaban J connectivity index is 2.44. The maximum Gasteiger partial charge on any atom is 0.223 e. The molecule has 0 amide bonds. The third kappa shape index (κ3) is 3.81. The number of aromatic nitrogens is 2. The minimum Gasteiger partial charge on any atom is -0.496 e. The second-order valence-electron chi connectivity index (χ2n) is 4.78. The molecule has 2 aromatic rings. The highest BCUT2D eigenvalue weighted by molar-refractivity contribution is 7.93. The van der Waals surface area contributed by atoms with Crippen molar-refractivity contribution in [1.82, 2.24) is 10.1 Å². The summed E-state index contributed by atoms with van der Waals surface area (Å²) in [7, 11) is -0.653. The molecule has 7 heteroatoms.